The van der Waals surface area contributed by atoms with Gasteiger partial charge in [-0.3, -0.25) is 9.59 Å². The molecule has 8 heteroatoms. The van der Waals surface area contributed by atoms with Crippen LogP contribution in [0.25, 0.3) is 0 Å². The lowest BCUT2D eigenvalue weighted by molar-refractivity contribution is 0.0967. The maximum Gasteiger partial charge on any atom is 0.172 e. The van der Waals surface area contributed by atoms with Crippen molar-refractivity contribution in [2.45, 2.75) is 12.8 Å². The number of hydrogen-bond acceptors (Lipinski definition) is 8. The fourth-order valence-electron chi connectivity index (χ4n) is 3.10. The highest BCUT2D eigenvalue weighted by molar-refractivity contribution is 6.00. The predicted molar refractivity (Wildman–Crippen MR) is 110 cm³/mol. The van der Waals surface area contributed by atoms with Gasteiger partial charge in [0.25, 0.3) is 0 Å². The molecule has 8 nitrogen and oxygen atoms in total. The molecule has 1 aromatic heterocycles. The van der Waals surface area contributed by atoms with Crippen LogP contribution < -0.4 is 21.3 Å². The van der Waals surface area contributed by atoms with Crippen LogP contribution in [0.5, 0.6) is 0 Å². The van der Waals surface area contributed by atoms with Gasteiger partial charge in [-0.1, -0.05) is 0 Å². The second-order valence-corrected chi connectivity index (χ2v) is 6.80. The molecule has 1 saturated carbocycles. The number of Topliss-reactive ketones (excluding diaryl/α,β-unsaturated/α-hetero) is 1. The number of piperazine rings is 1. The molecule has 0 amide bonds. The molecule has 4 N–H and O–H groups in total. The molecule has 2 heterocycles. The van der Waals surface area contributed by atoms with E-state index in [4.69, 9.17) is 5.73 Å². The highest BCUT2D eigenvalue weighted by atomic mass is 16.1. The Bertz CT molecular complexity index is 831. The first kappa shape index (κ1) is 19.8. The second-order valence-electron chi connectivity index (χ2n) is 6.80. The van der Waals surface area contributed by atoms with Crippen LogP contribution in [0, 0.1) is 5.92 Å². The number of carbonyl (C=O) groups is 2. The molecule has 0 bridgehead atoms. The molecule has 2 aromatic rings. The Labute approximate surface area is 164 Å². The number of hydrogen-bond donors (Lipinski definition) is 3. The van der Waals surface area contributed by atoms with E-state index in [1.165, 1.54) is 18.1 Å². The lowest BCUT2D eigenvalue weighted by Gasteiger charge is -2.31. The summed E-state index contributed by atoms with van der Waals surface area (Å²) in [5.41, 5.74) is 8.54. The first-order valence-corrected chi connectivity index (χ1v) is 9.47. The standard InChI is InChI=1S/C15H21N3O.C5H5N3O/c1-16-13-10-12(15(19)11-2-3-11)4-5-14(13)18-8-6-17-7-9-18;6-5-4(3-9)7-1-2-8-5/h4-5,10-11,16-17H,2-3,6-9H2,1H3;1-3H,(H2,6,8). The third kappa shape index (κ3) is 4.83. The number of benzene rings is 1. The SMILES string of the molecule is CNc1cc(C(=O)C2CC2)ccc1N1CCNCC1.Nc1nccnc1C=O. The molecule has 0 spiro atoms. The van der Waals surface area contributed by atoms with Gasteiger partial charge in [0.1, 0.15) is 5.69 Å². The van der Waals surface area contributed by atoms with E-state index >= 15 is 0 Å². The van der Waals surface area contributed by atoms with E-state index in [1.807, 2.05) is 19.2 Å². The van der Waals surface area contributed by atoms with Gasteiger partial charge in [0, 0.05) is 57.1 Å². The van der Waals surface area contributed by atoms with E-state index in [9.17, 15) is 9.59 Å². The number of nitrogens with zero attached hydrogens (tertiary/aromatic N) is 3. The number of ketones is 1. The monoisotopic (exact) mass is 382 g/mol. The fourth-order valence-corrected chi connectivity index (χ4v) is 3.10. The summed E-state index contributed by atoms with van der Waals surface area (Å²) in [4.78, 5) is 31.8. The molecule has 2 fully saturated rings. The van der Waals surface area contributed by atoms with Gasteiger partial charge in [0.05, 0.1) is 11.4 Å². The first-order valence-electron chi connectivity index (χ1n) is 9.47. The number of carbonyl (C=O) groups excluding carboxylic acids is 2. The number of aldehydes is 1. The minimum absolute atomic E-state index is 0.174. The molecule has 1 saturated heterocycles. The Kier molecular flexibility index (Phi) is 6.54. The van der Waals surface area contributed by atoms with E-state index in [-0.39, 0.29) is 17.4 Å². The van der Waals surface area contributed by atoms with Crippen molar-refractivity contribution in [2.24, 2.45) is 5.92 Å². The van der Waals surface area contributed by atoms with Gasteiger partial charge < -0.3 is 21.3 Å². The van der Waals surface area contributed by atoms with Crippen molar-refractivity contribution in [3.8, 4) is 0 Å². The average Bonchev–Trinajstić information content (AvgIpc) is 3.59. The van der Waals surface area contributed by atoms with E-state index in [2.05, 4.69) is 31.6 Å². The van der Waals surface area contributed by atoms with Crippen LogP contribution in [0.4, 0.5) is 17.2 Å². The molecule has 1 aliphatic carbocycles. The molecular weight excluding hydrogens is 356 g/mol. The van der Waals surface area contributed by atoms with Crippen molar-refractivity contribution in [2.75, 3.05) is 49.2 Å². The molecule has 148 valence electrons. The van der Waals surface area contributed by atoms with Crippen LogP contribution in [-0.4, -0.2) is 55.3 Å². The minimum atomic E-state index is 0.174. The summed E-state index contributed by atoms with van der Waals surface area (Å²) in [5.74, 6) is 0.769. The van der Waals surface area contributed by atoms with Gasteiger partial charge in [-0.15, -0.1) is 0 Å². The van der Waals surface area contributed by atoms with Crippen LogP contribution >= 0.6 is 0 Å². The number of nitrogen functional groups attached to an aromatic ring is 1. The van der Waals surface area contributed by atoms with Crippen molar-refractivity contribution < 1.29 is 9.59 Å². The van der Waals surface area contributed by atoms with Crippen molar-refractivity contribution in [1.82, 2.24) is 15.3 Å². The molecule has 0 radical (unpaired) electrons. The maximum atomic E-state index is 12.1. The molecule has 0 unspecified atom stereocenters. The molecule has 28 heavy (non-hydrogen) atoms. The van der Waals surface area contributed by atoms with Gasteiger partial charge in [-0.25, -0.2) is 9.97 Å². The van der Waals surface area contributed by atoms with Crippen LogP contribution in [-0.2, 0) is 0 Å². The Morgan fingerprint density at radius 1 is 1.25 bits per heavy atom. The summed E-state index contributed by atoms with van der Waals surface area (Å²) in [6.45, 7) is 4.08. The second kappa shape index (κ2) is 9.27. The highest BCUT2D eigenvalue weighted by Crippen LogP contribution is 2.35. The lowest BCUT2D eigenvalue weighted by atomic mass is 10.0. The zero-order valence-corrected chi connectivity index (χ0v) is 16.0. The van der Waals surface area contributed by atoms with Crippen molar-refractivity contribution >= 4 is 29.3 Å². The number of nitrogens with one attached hydrogen (secondary N) is 2. The molecule has 1 aromatic carbocycles. The Balaban J connectivity index is 0.000000211. The number of anilines is 3. The smallest absolute Gasteiger partial charge is 0.172 e. The predicted octanol–water partition coefficient (Wildman–Crippen LogP) is 1.60. The lowest BCUT2D eigenvalue weighted by Crippen LogP contribution is -2.43. The zero-order chi connectivity index (χ0) is 19.9. The van der Waals surface area contributed by atoms with Crippen molar-refractivity contribution in [3.05, 3.63) is 41.9 Å². The summed E-state index contributed by atoms with van der Waals surface area (Å²) >= 11 is 0. The normalized spacial score (nSPS) is 16.0. The molecular formula is C20H26N6O2. The molecule has 0 atom stereocenters. The highest BCUT2D eigenvalue weighted by Gasteiger charge is 2.30. The largest absolute Gasteiger partial charge is 0.386 e. The number of nitrogens with two attached hydrogens (primary N) is 1. The van der Waals surface area contributed by atoms with Crippen molar-refractivity contribution in [3.63, 3.8) is 0 Å². The molecule has 4 rings (SSSR count). The summed E-state index contributed by atoms with van der Waals surface area (Å²) in [7, 11) is 1.92. The third-order valence-corrected chi connectivity index (χ3v) is 4.82. The van der Waals surface area contributed by atoms with Crippen LogP contribution in [0.3, 0.4) is 0 Å². The minimum Gasteiger partial charge on any atom is -0.386 e. The Morgan fingerprint density at radius 3 is 2.54 bits per heavy atom. The molecule has 1 aliphatic heterocycles. The summed E-state index contributed by atoms with van der Waals surface area (Å²) in [6, 6.07) is 6.09. The zero-order valence-electron chi connectivity index (χ0n) is 16.0. The van der Waals surface area contributed by atoms with E-state index < -0.39 is 0 Å². The first-order chi connectivity index (χ1) is 13.6. The van der Waals surface area contributed by atoms with Gasteiger partial charge >= 0.3 is 0 Å². The van der Waals surface area contributed by atoms with Crippen molar-refractivity contribution in [1.29, 1.82) is 0 Å². The summed E-state index contributed by atoms with van der Waals surface area (Å²) in [5, 5.41) is 6.59. The molecule has 2 aliphatic rings. The van der Waals surface area contributed by atoms with Crippen LogP contribution in [0.1, 0.15) is 33.7 Å². The van der Waals surface area contributed by atoms with E-state index in [0.29, 0.717) is 12.1 Å². The third-order valence-electron chi connectivity index (χ3n) is 4.82. The topological polar surface area (TPSA) is 113 Å². The quantitative estimate of drug-likeness (QED) is 0.528. The van der Waals surface area contributed by atoms with Crippen LogP contribution in [0.2, 0.25) is 0 Å². The Morgan fingerprint density at radius 2 is 1.96 bits per heavy atom. The maximum absolute atomic E-state index is 12.1. The van der Waals surface area contributed by atoms with Gasteiger partial charge in [-0.2, -0.15) is 0 Å². The van der Waals surface area contributed by atoms with Crippen LogP contribution in [0.15, 0.2) is 30.6 Å². The van der Waals surface area contributed by atoms with E-state index in [1.54, 1.807) is 0 Å². The number of aromatic nitrogens is 2. The fraction of sp³-hybridized carbons (Fsp3) is 0.400. The summed E-state index contributed by atoms with van der Waals surface area (Å²) < 4.78 is 0. The van der Waals surface area contributed by atoms with Gasteiger partial charge in [0.2, 0.25) is 0 Å². The average molecular weight is 382 g/mol. The van der Waals surface area contributed by atoms with Gasteiger partial charge in [0.15, 0.2) is 17.9 Å². The van der Waals surface area contributed by atoms with E-state index in [0.717, 1.165) is 50.3 Å². The Hall–Kier alpha value is -3.00. The van der Waals surface area contributed by atoms with Gasteiger partial charge in [-0.05, 0) is 31.0 Å². The summed E-state index contributed by atoms with van der Waals surface area (Å²) in [6.07, 6.45) is 5.55. The number of rotatable bonds is 5.